The van der Waals surface area contributed by atoms with Crippen molar-refractivity contribution >= 4 is 33.7 Å². The highest BCUT2D eigenvalue weighted by molar-refractivity contribution is 7.89. The van der Waals surface area contributed by atoms with Gasteiger partial charge in [-0.1, -0.05) is 29.3 Å². The van der Waals surface area contributed by atoms with Crippen LogP contribution in [0.1, 0.15) is 11.1 Å². The number of aryl methyl sites for hydroxylation is 1. The molecule has 29 heavy (non-hydrogen) atoms. The van der Waals surface area contributed by atoms with Crippen molar-refractivity contribution in [3.05, 3.63) is 52.5 Å². The molecule has 0 spiro atoms. The summed E-state index contributed by atoms with van der Waals surface area (Å²) in [5.41, 5.74) is 3.79. The molecule has 0 aliphatic heterocycles. The average molecular weight is 440 g/mol. The van der Waals surface area contributed by atoms with Gasteiger partial charge in [0.15, 0.2) is 11.5 Å². The number of rotatable bonds is 8. The Morgan fingerprint density at radius 2 is 1.86 bits per heavy atom. The second kappa shape index (κ2) is 9.73. The van der Waals surface area contributed by atoms with Crippen molar-refractivity contribution in [3.63, 3.8) is 0 Å². The van der Waals surface area contributed by atoms with Crippen molar-refractivity contribution in [2.45, 2.75) is 11.8 Å². The van der Waals surface area contributed by atoms with Crippen LogP contribution < -0.4 is 14.9 Å². The Hall–Kier alpha value is -2.62. The first-order valence-electron chi connectivity index (χ1n) is 8.45. The summed E-state index contributed by atoms with van der Waals surface area (Å²) in [5, 5.41) is 4.15. The summed E-state index contributed by atoms with van der Waals surface area (Å²) in [7, 11) is 0.493. The predicted molar refractivity (Wildman–Crippen MR) is 111 cm³/mol. The number of nitrogens with zero attached hydrogens (tertiary/aromatic N) is 2. The molecule has 1 amide bonds. The number of nitrogens with one attached hydrogen (secondary N) is 1. The fraction of sp³-hybridized carbons (Fsp3) is 0.263. The fourth-order valence-corrected chi connectivity index (χ4v) is 3.83. The third kappa shape index (κ3) is 5.69. The van der Waals surface area contributed by atoms with Gasteiger partial charge in [-0.15, -0.1) is 0 Å². The van der Waals surface area contributed by atoms with E-state index in [0.29, 0.717) is 22.1 Å². The Labute approximate surface area is 175 Å². The molecule has 10 heteroatoms. The average Bonchev–Trinajstić information content (AvgIpc) is 2.67. The molecule has 2 aromatic rings. The normalized spacial score (nSPS) is 11.7. The lowest BCUT2D eigenvalue weighted by molar-refractivity contribution is -0.121. The number of sulfonamides is 1. The van der Waals surface area contributed by atoms with Crippen LogP contribution in [0.4, 0.5) is 0 Å². The molecule has 0 bridgehead atoms. The van der Waals surface area contributed by atoms with E-state index >= 15 is 0 Å². The van der Waals surface area contributed by atoms with Gasteiger partial charge in [0.25, 0.3) is 5.91 Å². The van der Waals surface area contributed by atoms with Gasteiger partial charge in [0.2, 0.25) is 10.0 Å². The first-order chi connectivity index (χ1) is 13.7. The number of amides is 1. The number of hydrazone groups is 1. The zero-order chi connectivity index (χ0) is 21.6. The summed E-state index contributed by atoms with van der Waals surface area (Å²) in [5.74, 6) is 0.209. The minimum atomic E-state index is -3.78. The van der Waals surface area contributed by atoms with Crippen LogP contribution in [0.25, 0.3) is 0 Å². The summed E-state index contributed by atoms with van der Waals surface area (Å²) in [4.78, 5) is 12.2. The van der Waals surface area contributed by atoms with Crippen LogP contribution >= 0.6 is 11.6 Å². The molecule has 0 aliphatic carbocycles. The Bertz CT molecular complexity index is 1010. The molecule has 156 valence electrons. The Morgan fingerprint density at radius 3 is 2.45 bits per heavy atom. The van der Waals surface area contributed by atoms with E-state index < -0.39 is 15.9 Å². The first kappa shape index (κ1) is 22.7. The highest BCUT2D eigenvalue weighted by atomic mass is 35.5. The second-order valence-electron chi connectivity index (χ2n) is 6.11. The van der Waals surface area contributed by atoms with E-state index in [1.165, 1.54) is 39.6 Å². The van der Waals surface area contributed by atoms with Crippen LogP contribution in [0, 0.1) is 6.92 Å². The minimum absolute atomic E-state index is 0.113. The van der Waals surface area contributed by atoms with E-state index in [4.69, 9.17) is 21.1 Å². The van der Waals surface area contributed by atoms with E-state index in [1.54, 1.807) is 24.3 Å². The minimum Gasteiger partial charge on any atom is -0.493 e. The van der Waals surface area contributed by atoms with Gasteiger partial charge in [0.05, 0.1) is 36.9 Å². The molecule has 2 aromatic carbocycles. The zero-order valence-corrected chi connectivity index (χ0v) is 18.0. The third-order valence-electron chi connectivity index (χ3n) is 3.95. The molecular formula is C19H22ClN3O5S. The summed E-state index contributed by atoms with van der Waals surface area (Å²) >= 11 is 6.11. The molecule has 0 saturated heterocycles. The largest absolute Gasteiger partial charge is 0.493 e. The molecule has 0 fully saturated rings. The number of carbonyl (C=O) groups is 1. The van der Waals surface area contributed by atoms with Crippen LogP contribution in [0.3, 0.4) is 0 Å². The molecule has 0 saturated carbocycles. The van der Waals surface area contributed by atoms with Crippen molar-refractivity contribution in [1.82, 2.24) is 9.73 Å². The van der Waals surface area contributed by atoms with E-state index in [2.05, 4.69) is 10.5 Å². The van der Waals surface area contributed by atoms with E-state index in [-0.39, 0.29) is 11.4 Å². The SMILES string of the molecule is COc1cc(/C=N/NC(=O)CN(C)S(=O)(=O)c2ccc(C)cc2)cc(Cl)c1OC. The highest BCUT2D eigenvalue weighted by Gasteiger charge is 2.22. The number of carbonyl (C=O) groups excluding carboxylic acids is 1. The zero-order valence-electron chi connectivity index (χ0n) is 16.5. The van der Waals surface area contributed by atoms with E-state index in [0.717, 1.165) is 9.87 Å². The molecule has 0 radical (unpaired) electrons. The lowest BCUT2D eigenvalue weighted by Gasteiger charge is -2.16. The van der Waals surface area contributed by atoms with Crippen LogP contribution in [-0.4, -0.2) is 52.7 Å². The lowest BCUT2D eigenvalue weighted by Crippen LogP contribution is -2.36. The van der Waals surface area contributed by atoms with Gasteiger partial charge in [-0.05, 0) is 36.8 Å². The van der Waals surface area contributed by atoms with E-state index in [9.17, 15) is 13.2 Å². The Balaban J connectivity index is 2.02. The van der Waals surface area contributed by atoms with Gasteiger partial charge >= 0.3 is 0 Å². The highest BCUT2D eigenvalue weighted by Crippen LogP contribution is 2.35. The maximum absolute atomic E-state index is 12.5. The quantitative estimate of drug-likeness (QED) is 0.503. The van der Waals surface area contributed by atoms with Crippen LogP contribution in [0.5, 0.6) is 11.5 Å². The summed E-state index contributed by atoms with van der Waals surface area (Å²) < 4.78 is 36.3. The van der Waals surface area contributed by atoms with Crippen molar-refractivity contribution < 1.29 is 22.7 Å². The molecular weight excluding hydrogens is 418 g/mol. The van der Waals surface area contributed by atoms with Gasteiger partial charge in [-0.25, -0.2) is 13.8 Å². The van der Waals surface area contributed by atoms with Gasteiger partial charge in [-0.3, -0.25) is 4.79 Å². The molecule has 2 rings (SSSR count). The van der Waals surface area contributed by atoms with E-state index in [1.807, 2.05) is 6.92 Å². The van der Waals surface area contributed by atoms with Gasteiger partial charge < -0.3 is 9.47 Å². The maximum atomic E-state index is 12.5. The topological polar surface area (TPSA) is 97.3 Å². The van der Waals surface area contributed by atoms with Crippen LogP contribution in [0.15, 0.2) is 46.4 Å². The molecule has 0 heterocycles. The molecule has 0 atom stereocenters. The van der Waals surface area contributed by atoms with Crippen molar-refractivity contribution in [3.8, 4) is 11.5 Å². The first-order valence-corrected chi connectivity index (χ1v) is 10.3. The number of hydrogen-bond acceptors (Lipinski definition) is 6. The van der Waals surface area contributed by atoms with Gasteiger partial charge in [-0.2, -0.15) is 9.41 Å². The third-order valence-corrected chi connectivity index (χ3v) is 6.05. The van der Waals surface area contributed by atoms with Crippen LogP contribution in [0.2, 0.25) is 5.02 Å². The number of benzene rings is 2. The maximum Gasteiger partial charge on any atom is 0.255 e. The van der Waals surface area contributed by atoms with Gasteiger partial charge in [0, 0.05) is 7.05 Å². The van der Waals surface area contributed by atoms with Gasteiger partial charge in [0.1, 0.15) is 0 Å². The van der Waals surface area contributed by atoms with Crippen LogP contribution in [-0.2, 0) is 14.8 Å². The number of methoxy groups -OCH3 is 2. The Morgan fingerprint density at radius 1 is 1.21 bits per heavy atom. The number of likely N-dealkylation sites (N-methyl/N-ethyl adjacent to an activating group) is 1. The smallest absolute Gasteiger partial charge is 0.255 e. The number of halogens is 1. The standard InChI is InChI=1S/C19H22ClN3O5S/c1-13-5-7-15(8-6-13)29(25,26)23(2)12-18(24)22-21-11-14-9-16(20)19(28-4)17(10-14)27-3/h5-11H,12H2,1-4H3,(H,22,24)/b21-11+. The summed E-state index contributed by atoms with van der Waals surface area (Å²) in [6.07, 6.45) is 1.36. The number of ether oxygens (including phenoxy) is 2. The second-order valence-corrected chi connectivity index (χ2v) is 8.56. The summed E-state index contributed by atoms with van der Waals surface area (Å²) in [6.45, 7) is 1.47. The predicted octanol–water partition coefficient (Wildman–Crippen LogP) is 2.44. The number of hydrogen-bond donors (Lipinski definition) is 1. The lowest BCUT2D eigenvalue weighted by atomic mass is 10.2. The fourth-order valence-electron chi connectivity index (χ4n) is 2.40. The Kier molecular flexibility index (Phi) is 7.60. The van der Waals surface area contributed by atoms with Crippen molar-refractivity contribution in [1.29, 1.82) is 0 Å². The summed E-state index contributed by atoms with van der Waals surface area (Å²) in [6, 6.07) is 9.61. The molecule has 1 N–H and O–H groups in total. The molecule has 8 nitrogen and oxygen atoms in total. The van der Waals surface area contributed by atoms with Crippen molar-refractivity contribution in [2.75, 3.05) is 27.8 Å². The molecule has 0 unspecified atom stereocenters. The monoisotopic (exact) mass is 439 g/mol. The van der Waals surface area contributed by atoms with Crippen molar-refractivity contribution in [2.24, 2.45) is 5.10 Å². The molecule has 0 aromatic heterocycles. The molecule has 0 aliphatic rings.